The van der Waals surface area contributed by atoms with E-state index >= 15 is 0 Å². The first-order valence-corrected chi connectivity index (χ1v) is 8.92. The summed E-state index contributed by atoms with van der Waals surface area (Å²) in [6.07, 6.45) is 2.58. The van der Waals surface area contributed by atoms with Crippen molar-refractivity contribution >= 4 is 11.8 Å². The number of aryl methyl sites for hydroxylation is 1. The van der Waals surface area contributed by atoms with E-state index in [1.54, 1.807) is 28.9 Å². The van der Waals surface area contributed by atoms with Crippen LogP contribution in [0.25, 0.3) is 0 Å². The first-order chi connectivity index (χ1) is 12.6. The molecule has 3 saturated heterocycles. The highest BCUT2D eigenvalue weighted by Crippen LogP contribution is 2.51. The van der Waals surface area contributed by atoms with Crippen LogP contribution in [0.5, 0.6) is 0 Å². The molecule has 0 radical (unpaired) electrons. The zero-order valence-electron chi connectivity index (χ0n) is 14.5. The summed E-state index contributed by atoms with van der Waals surface area (Å²) in [5, 5.41) is 4.09. The highest BCUT2D eigenvalue weighted by Gasteiger charge is 2.65. The maximum Gasteiger partial charge on any atom is 0.272 e. The number of aromatic nitrogens is 2. The Morgan fingerprint density at radius 3 is 2.81 bits per heavy atom. The summed E-state index contributed by atoms with van der Waals surface area (Å²) >= 11 is 0. The van der Waals surface area contributed by atoms with E-state index in [0.717, 1.165) is 5.56 Å². The third-order valence-electron chi connectivity index (χ3n) is 5.94. The SMILES string of the molecule is Cn1nccc1C(=O)N1CC[C@@]23OC[C@@H](c4ccccc4)N2C(=O)C[C@@H]13. The maximum absolute atomic E-state index is 13.0. The van der Waals surface area contributed by atoms with E-state index in [1.807, 2.05) is 35.2 Å². The van der Waals surface area contributed by atoms with E-state index < -0.39 is 5.72 Å². The fourth-order valence-electron chi connectivity index (χ4n) is 4.74. The Morgan fingerprint density at radius 1 is 1.27 bits per heavy atom. The quantitative estimate of drug-likeness (QED) is 0.818. The third-order valence-corrected chi connectivity index (χ3v) is 5.94. The molecule has 0 N–H and O–H groups in total. The molecular weight excluding hydrogens is 332 g/mol. The molecule has 7 nitrogen and oxygen atoms in total. The van der Waals surface area contributed by atoms with Crippen LogP contribution in [-0.2, 0) is 16.6 Å². The average molecular weight is 352 g/mol. The monoisotopic (exact) mass is 352 g/mol. The lowest BCUT2D eigenvalue weighted by molar-refractivity contribution is -0.138. The lowest BCUT2D eigenvalue weighted by Gasteiger charge is -2.33. The summed E-state index contributed by atoms with van der Waals surface area (Å²) in [7, 11) is 1.75. The molecule has 2 aromatic rings. The van der Waals surface area contributed by atoms with E-state index in [0.29, 0.717) is 31.7 Å². The topological polar surface area (TPSA) is 67.7 Å². The van der Waals surface area contributed by atoms with Crippen molar-refractivity contribution in [3.05, 3.63) is 53.9 Å². The number of carbonyl (C=O) groups excluding carboxylic acids is 2. The van der Waals surface area contributed by atoms with Gasteiger partial charge in [-0.3, -0.25) is 14.3 Å². The summed E-state index contributed by atoms with van der Waals surface area (Å²) in [5.74, 6) is -0.0304. The van der Waals surface area contributed by atoms with E-state index in [9.17, 15) is 9.59 Å². The zero-order chi connectivity index (χ0) is 17.9. The second-order valence-corrected chi connectivity index (χ2v) is 7.15. The minimum atomic E-state index is -0.689. The lowest BCUT2D eigenvalue weighted by Crippen LogP contribution is -2.49. The average Bonchev–Trinajstić information content (AvgIpc) is 3.37. The van der Waals surface area contributed by atoms with Crippen molar-refractivity contribution in [2.24, 2.45) is 7.05 Å². The standard InChI is InChI=1S/C19H20N4O3/c1-21-14(7-9-20-21)18(25)22-10-8-19-16(22)11-17(24)23(19)15(12-26-19)13-5-3-2-4-6-13/h2-7,9,15-16H,8,10-12H2,1H3/t15-,16+,19-/m0/s1. The molecule has 1 aromatic carbocycles. The van der Waals surface area contributed by atoms with Crippen molar-refractivity contribution in [2.45, 2.75) is 30.7 Å². The largest absolute Gasteiger partial charge is 0.351 e. The number of carbonyl (C=O) groups is 2. The minimum absolute atomic E-state index is 0.0591. The number of hydrogen-bond acceptors (Lipinski definition) is 4. The van der Waals surface area contributed by atoms with Crippen molar-refractivity contribution in [1.82, 2.24) is 19.6 Å². The summed E-state index contributed by atoms with van der Waals surface area (Å²) in [5.41, 5.74) is 0.923. The Bertz CT molecular complexity index is 880. The van der Waals surface area contributed by atoms with Gasteiger partial charge in [-0.2, -0.15) is 5.10 Å². The Hall–Kier alpha value is -2.67. The van der Waals surface area contributed by atoms with Gasteiger partial charge in [-0.15, -0.1) is 0 Å². The van der Waals surface area contributed by atoms with E-state index in [1.165, 1.54) is 0 Å². The summed E-state index contributed by atoms with van der Waals surface area (Å²) < 4.78 is 7.82. The molecule has 4 heterocycles. The lowest BCUT2D eigenvalue weighted by atomic mass is 10.0. The third kappa shape index (κ3) is 1.94. The molecule has 2 amide bonds. The summed E-state index contributed by atoms with van der Waals surface area (Å²) in [6.45, 7) is 1.06. The van der Waals surface area contributed by atoms with E-state index in [-0.39, 0.29) is 23.9 Å². The van der Waals surface area contributed by atoms with Gasteiger partial charge >= 0.3 is 0 Å². The smallest absolute Gasteiger partial charge is 0.272 e. The molecule has 3 atom stereocenters. The molecule has 3 fully saturated rings. The Balaban J connectivity index is 1.48. The number of nitrogens with zero attached hydrogens (tertiary/aromatic N) is 4. The number of benzene rings is 1. The van der Waals surface area contributed by atoms with Crippen molar-refractivity contribution in [2.75, 3.05) is 13.2 Å². The predicted octanol–water partition coefficient (Wildman–Crippen LogP) is 1.33. The fourth-order valence-corrected chi connectivity index (χ4v) is 4.74. The van der Waals surface area contributed by atoms with Crippen molar-refractivity contribution in [3.63, 3.8) is 0 Å². The molecule has 3 aliphatic heterocycles. The molecule has 0 unspecified atom stereocenters. The first-order valence-electron chi connectivity index (χ1n) is 8.92. The van der Waals surface area contributed by atoms with Crippen LogP contribution in [0.15, 0.2) is 42.6 Å². The van der Waals surface area contributed by atoms with Gasteiger partial charge in [0.15, 0.2) is 5.72 Å². The molecular formula is C19H20N4O3. The highest BCUT2D eigenvalue weighted by atomic mass is 16.5. The van der Waals surface area contributed by atoms with Gasteiger partial charge in [0.2, 0.25) is 5.91 Å². The molecule has 0 aliphatic carbocycles. The van der Waals surface area contributed by atoms with Gasteiger partial charge in [0.1, 0.15) is 5.69 Å². The van der Waals surface area contributed by atoms with Gasteiger partial charge in [-0.05, 0) is 11.6 Å². The molecule has 0 bridgehead atoms. The van der Waals surface area contributed by atoms with Crippen LogP contribution in [-0.4, -0.2) is 56.3 Å². The van der Waals surface area contributed by atoms with Crippen LogP contribution >= 0.6 is 0 Å². The molecule has 1 spiro atoms. The van der Waals surface area contributed by atoms with Gasteiger partial charge in [0.25, 0.3) is 5.91 Å². The fraction of sp³-hybridized carbons (Fsp3) is 0.421. The molecule has 3 aliphatic rings. The van der Waals surface area contributed by atoms with Gasteiger partial charge in [-0.25, -0.2) is 0 Å². The molecule has 0 saturated carbocycles. The molecule has 134 valence electrons. The highest BCUT2D eigenvalue weighted by molar-refractivity contribution is 5.94. The summed E-state index contributed by atoms with van der Waals surface area (Å²) in [6, 6.07) is 11.4. The van der Waals surface area contributed by atoms with Gasteiger partial charge in [0.05, 0.1) is 25.1 Å². The Labute approximate surface area is 151 Å². The summed E-state index contributed by atoms with van der Waals surface area (Å²) in [4.78, 5) is 29.5. The molecule has 7 heteroatoms. The van der Waals surface area contributed by atoms with Crippen LogP contribution in [0.4, 0.5) is 0 Å². The minimum Gasteiger partial charge on any atom is -0.351 e. The number of ether oxygens (including phenoxy) is 1. The van der Waals surface area contributed by atoms with E-state index in [2.05, 4.69) is 5.10 Å². The first kappa shape index (κ1) is 15.6. The molecule has 1 aromatic heterocycles. The Kier molecular flexibility index (Phi) is 3.24. The number of rotatable bonds is 2. The number of amides is 2. The normalized spacial score (nSPS) is 30.0. The van der Waals surface area contributed by atoms with Gasteiger partial charge in [0, 0.05) is 26.2 Å². The number of hydrogen-bond donors (Lipinski definition) is 0. The van der Waals surface area contributed by atoms with Crippen molar-refractivity contribution in [1.29, 1.82) is 0 Å². The van der Waals surface area contributed by atoms with Crippen LogP contribution in [0.2, 0.25) is 0 Å². The second kappa shape index (κ2) is 5.41. The van der Waals surface area contributed by atoms with Crippen LogP contribution in [0.1, 0.15) is 34.9 Å². The van der Waals surface area contributed by atoms with E-state index in [4.69, 9.17) is 4.74 Å². The van der Waals surface area contributed by atoms with Gasteiger partial charge < -0.3 is 14.5 Å². The van der Waals surface area contributed by atoms with Crippen LogP contribution < -0.4 is 0 Å². The maximum atomic E-state index is 13.0. The van der Waals surface area contributed by atoms with Crippen LogP contribution in [0.3, 0.4) is 0 Å². The Morgan fingerprint density at radius 2 is 2.08 bits per heavy atom. The number of likely N-dealkylation sites (tertiary alicyclic amines) is 1. The second-order valence-electron chi connectivity index (χ2n) is 7.15. The van der Waals surface area contributed by atoms with Crippen molar-refractivity contribution < 1.29 is 14.3 Å². The van der Waals surface area contributed by atoms with Crippen LogP contribution in [0, 0.1) is 0 Å². The van der Waals surface area contributed by atoms with Gasteiger partial charge in [-0.1, -0.05) is 30.3 Å². The molecule has 5 rings (SSSR count). The predicted molar refractivity (Wildman–Crippen MR) is 92.0 cm³/mol. The van der Waals surface area contributed by atoms with Crippen molar-refractivity contribution in [3.8, 4) is 0 Å². The zero-order valence-corrected chi connectivity index (χ0v) is 14.5. The molecule has 26 heavy (non-hydrogen) atoms.